The highest BCUT2D eigenvalue weighted by atomic mass is 16.1. The van der Waals surface area contributed by atoms with Gasteiger partial charge in [0, 0.05) is 30.9 Å². The van der Waals surface area contributed by atoms with Crippen molar-refractivity contribution in [1.29, 1.82) is 0 Å². The molecule has 0 atom stereocenters. The Balaban J connectivity index is 1.80. The number of benzene rings is 2. The van der Waals surface area contributed by atoms with E-state index in [2.05, 4.69) is 15.3 Å². The lowest BCUT2D eigenvalue weighted by Gasteiger charge is -2.12. The summed E-state index contributed by atoms with van der Waals surface area (Å²) < 4.78 is 0. The van der Waals surface area contributed by atoms with E-state index < -0.39 is 0 Å². The maximum Gasteiger partial charge on any atom is 0.256 e. The minimum absolute atomic E-state index is 0.204. The van der Waals surface area contributed by atoms with E-state index in [4.69, 9.17) is 0 Å². The molecule has 5 heteroatoms. The van der Waals surface area contributed by atoms with Gasteiger partial charge in [-0.2, -0.15) is 0 Å². The number of amides is 1. The van der Waals surface area contributed by atoms with E-state index in [9.17, 15) is 4.79 Å². The van der Waals surface area contributed by atoms with Gasteiger partial charge >= 0.3 is 0 Å². The molecule has 1 aromatic heterocycles. The molecule has 2 aromatic carbocycles. The quantitative estimate of drug-likeness (QED) is 0.800. The lowest BCUT2D eigenvalue weighted by atomic mass is 10.1. The van der Waals surface area contributed by atoms with Crippen molar-refractivity contribution in [3.8, 4) is 11.3 Å². The molecule has 0 unspecified atom stereocenters. The minimum atomic E-state index is -0.204. The number of rotatable bonds is 4. The van der Waals surface area contributed by atoms with Crippen LogP contribution in [0.2, 0.25) is 0 Å². The van der Waals surface area contributed by atoms with Gasteiger partial charge in [-0.3, -0.25) is 9.78 Å². The maximum atomic E-state index is 12.2. The number of carbonyl (C=O) groups excluding carboxylic acids is 1. The molecule has 0 saturated heterocycles. The van der Waals surface area contributed by atoms with Crippen molar-refractivity contribution >= 4 is 17.4 Å². The molecule has 120 valence electrons. The molecule has 1 amide bonds. The number of hydrogen-bond donors (Lipinski definition) is 1. The van der Waals surface area contributed by atoms with E-state index in [1.54, 1.807) is 24.5 Å². The second-order valence-corrected chi connectivity index (χ2v) is 5.55. The van der Waals surface area contributed by atoms with E-state index in [1.807, 2.05) is 61.5 Å². The lowest BCUT2D eigenvalue weighted by molar-refractivity contribution is 0.102. The normalized spacial score (nSPS) is 10.2. The number of carbonyl (C=O) groups is 1. The first-order valence-electron chi connectivity index (χ1n) is 7.60. The molecule has 1 heterocycles. The number of anilines is 2. The fourth-order valence-electron chi connectivity index (χ4n) is 2.27. The Labute approximate surface area is 141 Å². The van der Waals surface area contributed by atoms with Crippen molar-refractivity contribution in [2.24, 2.45) is 0 Å². The third kappa shape index (κ3) is 3.57. The Kier molecular flexibility index (Phi) is 4.52. The molecule has 3 rings (SSSR count). The van der Waals surface area contributed by atoms with Gasteiger partial charge in [0.25, 0.3) is 5.91 Å². The van der Waals surface area contributed by atoms with Crippen LogP contribution in [0.1, 0.15) is 10.4 Å². The molecule has 0 fully saturated rings. The van der Waals surface area contributed by atoms with E-state index in [1.165, 1.54) is 0 Å². The molecule has 24 heavy (non-hydrogen) atoms. The maximum absolute atomic E-state index is 12.2. The number of nitrogens with zero attached hydrogens (tertiary/aromatic N) is 3. The first kappa shape index (κ1) is 15.7. The highest BCUT2D eigenvalue weighted by Gasteiger charge is 2.08. The zero-order chi connectivity index (χ0) is 16.9. The number of nitrogens with one attached hydrogen (secondary N) is 1. The predicted molar refractivity (Wildman–Crippen MR) is 96.2 cm³/mol. The van der Waals surface area contributed by atoms with Gasteiger partial charge in [0.1, 0.15) is 0 Å². The fraction of sp³-hybridized carbons (Fsp3) is 0.105. The van der Waals surface area contributed by atoms with Gasteiger partial charge < -0.3 is 10.2 Å². The zero-order valence-corrected chi connectivity index (χ0v) is 13.6. The zero-order valence-electron chi connectivity index (χ0n) is 13.6. The minimum Gasteiger partial charge on any atom is -0.378 e. The van der Waals surface area contributed by atoms with Crippen LogP contribution in [0, 0.1) is 0 Å². The molecular formula is C19H18N4O. The summed E-state index contributed by atoms with van der Waals surface area (Å²) in [5.74, 6) is 0.225. The molecule has 1 N–H and O–H groups in total. The van der Waals surface area contributed by atoms with Crippen molar-refractivity contribution in [3.05, 3.63) is 72.6 Å². The van der Waals surface area contributed by atoms with Crippen molar-refractivity contribution in [2.45, 2.75) is 0 Å². The molecule has 0 aliphatic rings. The Morgan fingerprint density at radius 3 is 2.33 bits per heavy atom. The average molecular weight is 318 g/mol. The van der Waals surface area contributed by atoms with Crippen molar-refractivity contribution in [3.63, 3.8) is 0 Å². The first-order valence-corrected chi connectivity index (χ1v) is 7.60. The summed E-state index contributed by atoms with van der Waals surface area (Å²) in [5.41, 5.74) is 3.36. The SMILES string of the molecule is CN(C)c1ccc(-c2cncc(NC(=O)c3ccccc3)n2)cc1. The number of aromatic nitrogens is 2. The smallest absolute Gasteiger partial charge is 0.256 e. The summed E-state index contributed by atoms with van der Waals surface area (Å²) in [6, 6.07) is 17.0. The lowest BCUT2D eigenvalue weighted by Crippen LogP contribution is -2.13. The summed E-state index contributed by atoms with van der Waals surface area (Å²) in [7, 11) is 3.99. The Hall–Kier alpha value is -3.21. The van der Waals surface area contributed by atoms with Crippen molar-refractivity contribution in [1.82, 2.24) is 9.97 Å². The molecule has 0 saturated carbocycles. The van der Waals surface area contributed by atoms with Gasteiger partial charge in [-0.25, -0.2) is 4.98 Å². The van der Waals surface area contributed by atoms with E-state index in [0.717, 1.165) is 11.3 Å². The Morgan fingerprint density at radius 1 is 0.958 bits per heavy atom. The summed E-state index contributed by atoms with van der Waals surface area (Å²) >= 11 is 0. The van der Waals surface area contributed by atoms with Crippen LogP contribution in [0.4, 0.5) is 11.5 Å². The highest BCUT2D eigenvalue weighted by Crippen LogP contribution is 2.21. The molecule has 0 aliphatic heterocycles. The van der Waals surface area contributed by atoms with Crippen molar-refractivity contribution in [2.75, 3.05) is 24.3 Å². The fourth-order valence-corrected chi connectivity index (χ4v) is 2.27. The van der Waals surface area contributed by atoms with Crippen LogP contribution in [0.5, 0.6) is 0 Å². The number of hydrogen-bond acceptors (Lipinski definition) is 4. The van der Waals surface area contributed by atoms with Crippen LogP contribution in [0.3, 0.4) is 0 Å². The monoisotopic (exact) mass is 318 g/mol. The van der Waals surface area contributed by atoms with Crippen LogP contribution < -0.4 is 10.2 Å². The van der Waals surface area contributed by atoms with Crippen LogP contribution >= 0.6 is 0 Å². The second kappa shape index (κ2) is 6.91. The summed E-state index contributed by atoms with van der Waals surface area (Å²) in [5, 5.41) is 2.78. The van der Waals surface area contributed by atoms with Crippen molar-refractivity contribution < 1.29 is 4.79 Å². The van der Waals surface area contributed by atoms with Gasteiger partial charge in [0.05, 0.1) is 18.1 Å². The molecule has 0 bridgehead atoms. The summed E-state index contributed by atoms with van der Waals surface area (Å²) in [6.07, 6.45) is 3.22. The van der Waals surface area contributed by atoms with Crippen LogP contribution in [-0.4, -0.2) is 30.0 Å². The first-order chi connectivity index (χ1) is 11.6. The van der Waals surface area contributed by atoms with Gasteiger partial charge in [0.15, 0.2) is 5.82 Å². The molecular weight excluding hydrogens is 300 g/mol. The van der Waals surface area contributed by atoms with Gasteiger partial charge in [0.2, 0.25) is 0 Å². The van der Waals surface area contributed by atoms with Gasteiger partial charge in [-0.15, -0.1) is 0 Å². The second-order valence-electron chi connectivity index (χ2n) is 5.55. The van der Waals surface area contributed by atoms with E-state index in [0.29, 0.717) is 17.1 Å². The molecule has 0 radical (unpaired) electrons. The molecule has 0 aliphatic carbocycles. The predicted octanol–water partition coefficient (Wildman–Crippen LogP) is 3.46. The standard InChI is InChI=1S/C19H18N4O/c1-23(2)16-10-8-14(9-11-16)17-12-20-13-18(21-17)22-19(24)15-6-4-3-5-7-15/h3-13H,1-2H3,(H,21,22,24). The van der Waals surface area contributed by atoms with Crippen LogP contribution in [0.15, 0.2) is 67.0 Å². The molecule has 0 spiro atoms. The average Bonchev–Trinajstić information content (AvgIpc) is 2.63. The van der Waals surface area contributed by atoms with Crippen LogP contribution in [0.25, 0.3) is 11.3 Å². The summed E-state index contributed by atoms with van der Waals surface area (Å²) in [6.45, 7) is 0. The largest absolute Gasteiger partial charge is 0.378 e. The van der Waals surface area contributed by atoms with Crippen LogP contribution in [-0.2, 0) is 0 Å². The molecule has 5 nitrogen and oxygen atoms in total. The third-order valence-electron chi connectivity index (χ3n) is 3.59. The van der Waals surface area contributed by atoms with E-state index in [-0.39, 0.29) is 5.91 Å². The summed E-state index contributed by atoms with van der Waals surface area (Å²) in [4.78, 5) is 22.9. The van der Waals surface area contributed by atoms with E-state index >= 15 is 0 Å². The Bertz CT molecular complexity index is 830. The van der Waals surface area contributed by atoms with Gasteiger partial charge in [-0.05, 0) is 24.3 Å². The Morgan fingerprint density at radius 2 is 1.67 bits per heavy atom. The van der Waals surface area contributed by atoms with Gasteiger partial charge in [-0.1, -0.05) is 30.3 Å². The molecule has 3 aromatic rings. The third-order valence-corrected chi connectivity index (χ3v) is 3.59. The topological polar surface area (TPSA) is 58.1 Å². The highest BCUT2D eigenvalue weighted by molar-refractivity contribution is 6.03.